The Kier molecular flexibility index (Phi) is 2.19. The van der Waals surface area contributed by atoms with E-state index in [9.17, 15) is 9.59 Å². The molecule has 0 bridgehead atoms. The van der Waals surface area contributed by atoms with E-state index in [0.29, 0.717) is 11.3 Å². The van der Waals surface area contributed by atoms with E-state index in [1.165, 1.54) is 0 Å². The van der Waals surface area contributed by atoms with E-state index in [0.717, 1.165) is 16.8 Å². The molecule has 5 nitrogen and oxygen atoms in total. The lowest BCUT2D eigenvalue weighted by Crippen LogP contribution is -2.59. The fraction of sp³-hybridized carbons (Fsp3) is 0.125. The first-order valence-electron chi connectivity index (χ1n) is 6.73. The second kappa shape index (κ2) is 3.85. The van der Waals surface area contributed by atoms with Crippen molar-refractivity contribution in [2.45, 2.75) is 12.6 Å². The molecule has 1 spiro atoms. The number of benzene rings is 2. The van der Waals surface area contributed by atoms with Crippen molar-refractivity contribution in [1.29, 1.82) is 0 Å². The molecule has 0 aliphatic carbocycles. The van der Waals surface area contributed by atoms with Gasteiger partial charge in [-0.05, 0) is 24.6 Å². The minimum absolute atomic E-state index is 0.256. The molecule has 1 atom stereocenters. The predicted molar refractivity (Wildman–Crippen MR) is 79.0 cm³/mol. The Morgan fingerprint density at radius 1 is 0.952 bits per heavy atom. The van der Waals surface area contributed by atoms with Crippen LogP contribution >= 0.6 is 0 Å². The molecule has 2 aromatic rings. The molecule has 2 aliphatic rings. The summed E-state index contributed by atoms with van der Waals surface area (Å²) in [4.78, 5) is 24.9. The Morgan fingerprint density at radius 2 is 1.76 bits per heavy atom. The second-order valence-electron chi connectivity index (χ2n) is 5.33. The third-order valence-electron chi connectivity index (χ3n) is 4.05. The molecule has 2 heterocycles. The van der Waals surface area contributed by atoms with Crippen molar-refractivity contribution in [3.63, 3.8) is 0 Å². The van der Waals surface area contributed by atoms with Crippen LogP contribution in [0.3, 0.4) is 0 Å². The summed E-state index contributed by atoms with van der Waals surface area (Å²) in [5.74, 6) is -0.525. The van der Waals surface area contributed by atoms with Crippen LogP contribution in [-0.2, 0) is 10.5 Å². The summed E-state index contributed by atoms with van der Waals surface area (Å²) in [6.07, 6.45) is 0. The molecule has 5 heteroatoms. The van der Waals surface area contributed by atoms with Crippen LogP contribution in [0.25, 0.3) is 0 Å². The smallest absolute Gasteiger partial charge is 0.275 e. The molecule has 3 N–H and O–H groups in total. The number of hydrogen-bond acceptors (Lipinski definition) is 3. The molecule has 0 saturated heterocycles. The normalized spacial score (nSPS) is 22.1. The first-order valence-corrected chi connectivity index (χ1v) is 6.73. The topological polar surface area (TPSA) is 70.2 Å². The number of aryl methyl sites for hydroxylation is 1. The zero-order valence-corrected chi connectivity index (χ0v) is 11.4. The first kappa shape index (κ1) is 12.0. The number of rotatable bonds is 0. The number of para-hydroxylation sites is 2. The summed E-state index contributed by atoms with van der Waals surface area (Å²) in [6, 6.07) is 12.8. The largest absolute Gasteiger partial charge is 0.350 e. The van der Waals surface area contributed by atoms with Crippen LogP contribution in [-0.4, -0.2) is 11.8 Å². The predicted octanol–water partition coefficient (Wildman–Crippen LogP) is 1.96. The highest BCUT2D eigenvalue weighted by atomic mass is 16.2. The van der Waals surface area contributed by atoms with E-state index >= 15 is 0 Å². The van der Waals surface area contributed by atoms with E-state index in [2.05, 4.69) is 16.0 Å². The molecule has 21 heavy (non-hydrogen) atoms. The number of carbonyl (C=O) groups is 2. The first-order chi connectivity index (χ1) is 10.1. The molecule has 4 rings (SSSR count). The lowest BCUT2D eigenvalue weighted by Gasteiger charge is -2.35. The van der Waals surface area contributed by atoms with Crippen molar-refractivity contribution < 1.29 is 9.59 Å². The number of nitrogens with one attached hydrogen (secondary N) is 3. The minimum atomic E-state index is -1.23. The van der Waals surface area contributed by atoms with Gasteiger partial charge in [0.25, 0.3) is 11.8 Å². The van der Waals surface area contributed by atoms with E-state index in [1.807, 2.05) is 31.2 Å². The molecule has 104 valence electrons. The molecule has 0 radical (unpaired) electrons. The van der Waals surface area contributed by atoms with Gasteiger partial charge in [0.1, 0.15) is 0 Å². The Balaban J connectivity index is 1.93. The minimum Gasteiger partial charge on any atom is -0.350 e. The Labute approximate surface area is 121 Å². The standard InChI is InChI=1S/C16H13N3O2/c1-9-5-4-7-11-13(9)17-15(21)16(11)18-12-8-3-2-6-10(12)14(20)19-16/h2-8,18H,1H3,(H,17,21)(H,19,20)/t16-/m1/s1. The Bertz CT molecular complexity index is 800. The maximum absolute atomic E-state index is 12.5. The average molecular weight is 279 g/mol. The van der Waals surface area contributed by atoms with E-state index in [-0.39, 0.29) is 11.8 Å². The van der Waals surface area contributed by atoms with Gasteiger partial charge in [-0.25, -0.2) is 0 Å². The molecule has 0 fully saturated rings. The van der Waals surface area contributed by atoms with Crippen molar-refractivity contribution >= 4 is 23.2 Å². The van der Waals surface area contributed by atoms with Gasteiger partial charge < -0.3 is 16.0 Å². The van der Waals surface area contributed by atoms with E-state index < -0.39 is 5.66 Å². The van der Waals surface area contributed by atoms with Crippen molar-refractivity contribution in [3.05, 3.63) is 59.2 Å². The van der Waals surface area contributed by atoms with E-state index in [1.54, 1.807) is 18.2 Å². The quantitative estimate of drug-likeness (QED) is 0.690. The van der Waals surface area contributed by atoms with E-state index in [4.69, 9.17) is 0 Å². The van der Waals surface area contributed by atoms with Crippen molar-refractivity contribution in [2.75, 3.05) is 10.6 Å². The summed E-state index contributed by atoms with van der Waals surface area (Å²) < 4.78 is 0. The molecule has 0 aromatic heterocycles. The lowest BCUT2D eigenvalue weighted by molar-refractivity contribution is -0.120. The number of fused-ring (bicyclic) bond motifs is 3. The molecule has 2 aromatic carbocycles. The number of anilines is 2. The average Bonchev–Trinajstić information content (AvgIpc) is 2.74. The molecular weight excluding hydrogens is 266 g/mol. The van der Waals surface area contributed by atoms with Crippen LogP contribution in [0.1, 0.15) is 21.5 Å². The van der Waals surface area contributed by atoms with Gasteiger partial charge in [-0.3, -0.25) is 9.59 Å². The van der Waals surface area contributed by atoms with Gasteiger partial charge in [0.15, 0.2) is 0 Å². The number of carbonyl (C=O) groups excluding carboxylic acids is 2. The number of amides is 2. The fourth-order valence-electron chi connectivity index (χ4n) is 2.98. The summed E-state index contributed by atoms with van der Waals surface area (Å²) in [7, 11) is 0. The van der Waals surface area contributed by atoms with Crippen molar-refractivity contribution in [1.82, 2.24) is 5.32 Å². The van der Waals surface area contributed by atoms with Crippen LogP contribution in [0.5, 0.6) is 0 Å². The highest BCUT2D eigenvalue weighted by molar-refractivity contribution is 6.14. The van der Waals surface area contributed by atoms with Gasteiger partial charge >= 0.3 is 0 Å². The van der Waals surface area contributed by atoms with Crippen molar-refractivity contribution in [2.24, 2.45) is 0 Å². The van der Waals surface area contributed by atoms with Gasteiger partial charge in [-0.1, -0.05) is 30.3 Å². The van der Waals surface area contributed by atoms with Gasteiger partial charge in [0.2, 0.25) is 5.66 Å². The van der Waals surface area contributed by atoms with Gasteiger partial charge in [-0.15, -0.1) is 0 Å². The summed E-state index contributed by atoms with van der Waals surface area (Å²) in [5.41, 5.74) is 2.44. The van der Waals surface area contributed by atoms with Crippen LogP contribution < -0.4 is 16.0 Å². The highest BCUT2D eigenvalue weighted by Gasteiger charge is 2.51. The van der Waals surface area contributed by atoms with Crippen LogP contribution in [0.4, 0.5) is 11.4 Å². The summed E-state index contributed by atoms with van der Waals surface area (Å²) in [6.45, 7) is 1.93. The van der Waals surface area contributed by atoms with Gasteiger partial charge in [-0.2, -0.15) is 0 Å². The summed E-state index contributed by atoms with van der Waals surface area (Å²) in [5, 5.41) is 8.87. The van der Waals surface area contributed by atoms with Crippen LogP contribution in [0.2, 0.25) is 0 Å². The Hall–Kier alpha value is -2.82. The highest BCUT2D eigenvalue weighted by Crippen LogP contribution is 2.41. The van der Waals surface area contributed by atoms with Crippen LogP contribution in [0.15, 0.2) is 42.5 Å². The zero-order valence-electron chi connectivity index (χ0n) is 11.4. The molecule has 0 saturated carbocycles. The van der Waals surface area contributed by atoms with Crippen LogP contribution in [0, 0.1) is 6.92 Å². The zero-order chi connectivity index (χ0) is 14.6. The SMILES string of the molecule is Cc1cccc2c1NC(=O)[C@]21NC(=O)c2ccccc2N1. The van der Waals surface area contributed by atoms with Crippen molar-refractivity contribution in [3.8, 4) is 0 Å². The monoisotopic (exact) mass is 279 g/mol. The fourth-order valence-corrected chi connectivity index (χ4v) is 2.98. The number of hydrogen-bond donors (Lipinski definition) is 3. The second-order valence-corrected chi connectivity index (χ2v) is 5.33. The molecular formula is C16H13N3O2. The maximum atomic E-state index is 12.5. The molecule has 0 unspecified atom stereocenters. The third kappa shape index (κ3) is 1.45. The molecule has 2 aliphatic heterocycles. The van der Waals surface area contributed by atoms with Gasteiger partial charge in [0.05, 0.1) is 11.3 Å². The Morgan fingerprint density at radius 3 is 2.62 bits per heavy atom. The lowest BCUT2D eigenvalue weighted by atomic mass is 9.94. The maximum Gasteiger partial charge on any atom is 0.275 e. The third-order valence-corrected chi connectivity index (χ3v) is 4.05. The summed E-state index contributed by atoms with van der Waals surface area (Å²) >= 11 is 0. The van der Waals surface area contributed by atoms with Gasteiger partial charge in [0, 0.05) is 11.3 Å². The molecule has 2 amide bonds.